The summed E-state index contributed by atoms with van der Waals surface area (Å²) in [5.74, 6) is -0.206. The molecular weight excluding hydrogens is 516 g/mol. The van der Waals surface area contributed by atoms with Crippen LogP contribution in [0.25, 0.3) is 16.3 Å². The molecule has 9 heteroatoms. The first-order chi connectivity index (χ1) is 18.9. The van der Waals surface area contributed by atoms with Crippen molar-refractivity contribution >= 4 is 44.5 Å². The molecule has 8 nitrogen and oxygen atoms in total. The lowest BCUT2D eigenvalue weighted by Crippen LogP contribution is -2.30. The summed E-state index contributed by atoms with van der Waals surface area (Å²) in [6.45, 7) is 2.30. The summed E-state index contributed by atoms with van der Waals surface area (Å²) in [7, 11) is 3.09. The second kappa shape index (κ2) is 11.0. The van der Waals surface area contributed by atoms with Gasteiger partial charge in [0.25, 0.3) is 5.91 Å². The molecule has 1 atom stereocenters. The molecule has 1 unspecified atom stereocenters. The molecule has 5 rings (SSSR count). The van der Waals surface area contributed by atoms with Crippen molar-refractivity contribution in [1.82, 2.24) is 4.98 Å². The van der Waals surface area contributed by atoms with Crippen LogP contribution in [0.2, 0.25) is 0 Å². The van der Waals surface area contributed by atoms with Crippen molar-refractivity contribution in [3.63, 3.8) is 0 Å². The lowest BCUT2D eigenvalue weighted by molar-refractivity contribution is -0.117. The molecule has 1 aromatic heterocycles. The van der Waals surface area contributed by atoms with E-state index in [9.17, 15) is 14.7 Å². The second-order valence-corrected chi connectivity index (χ2v) is 9.63. The van der Waals surface area contributed by atoms with Crippen LogP contribution in [0.15, 0.2) is 84.1 Å². The Morgan fingerprint density at radius 3 is 2.56 bits per heavy atom. The SMILES string of the molecule is CCOc1ccc(C2C(C(=O)/C=C/c3ccccc3)=C(O)C(=O)N2c2nc3ccc(OC)cc3s2)cc1OC. The van der Waals surface area contributed by atoms with Gasteiger partial charge in [-0.05, 0) is 54.5 Å². The van der Waals surface area contributed by atoms with E-state index in [4.69, 9.17) is 14.2 Å². The molecule has 1 amide bonds. The molecule has 2 heterocycles. The molecule has 39 heavy (non-hydrogen) atoms. The monoisotopic (exact) mass is 542 g/mol. The van der Waals surface area contributed by atoms with Gasteiger partial charge in [0.15, 0.2) is 28.2 Å². The first kappa shape index (κ1) is 26.0. The van der Waals surface area contributed by atoms with Gasteiger partial charge in [0.1, 0.15) is 5.75 Å². The summed E-state index contributed by atoms with van der Waals surface area (Å²) < 4.78 is 17.3. The molecule has 0 aliphatic carbocycles. The Kier molecular flexibility index (Phi) is 7.33. The minimum Gasteiger partial charge on any atom is -0.503 e. The highest BCUT2D eigenvalue weighted by molar-refractivity contribution is 7.22. The number of aliphatic hydroxyl groups excluding tert-OH is 1. The van der Waals surface area contributed by atoms with Crippen LogP contribution in [0.3, 0.4) is 0 Å². The Balaban J connectivity index is 1.63. The van der Waals surface area contributed by atoms with Gasteiger partial charge in [0.2, 0.25) is 0 Å². The van der Waals surface area contributed by atoms with Crippen molar-refractivity contribution in [2.75, 3.05) is 25.7 Å². The topological polar surface area (TPSA) is 98.2 Å². The summed E-state index contributed by atoms with van der Waals surface area (Å²) >= 11 is 1.26. The predicted molar refractivity (Wildman–Crippen MR) is 151 cm³/mol. The van der Waals surface area contributed by atoms with Crippen LogP contribution in [0.4, 0.5) is 5.13 Å². The van der Waals surface area contributed by atoms with Crippen LogP contribution >= 0.6 is 11.3 Å². The lowest BCUT2D eigenvalue weighted by Gasteiger charge is -2.25. The van der Waals surface area contributed by atoms with Crippen LogP contribution < -0.4 is 19.1 Å². The Hall–Kier alpha value is -4.63. The van der Waals surface area contributed by atoms with Gasteiger partial charge in [0.05, 0.1) is 42.7 Å². The van der Waals surface area contributed by atoms with Crippen molar-refractivity contribution in [3.05, 3.63) is 95.3 Å². The first-order valence-corrected chi connectivity index (χ1v) is 13.1. The highest BCUT2D eigenvalue weighted by Gasteiger charge is 2.45. The van der Waals surface area contributed by atoms with Crippen molar-refractivity contribution < 1.29 is 28.9 Å². The van der Waals surface area contributed by atoms with E-state index < -0.39 is 23.5 Å². The lowest BCUT2D eigenvalue weighted by atomic mass is 9.95. The third-order valence-corrected chi connectivity index (χ3v) is 7.31. The number of ketones is 1. The van der Waals surface area contributed by atoms with Crippen molar-refractivity contribution in [1.29, 1.82) is 0 Å². The number of methoxy groups -OCH3 is 2. The highest BCUT2D eigenvalue weighted by Crippen LogP contribution is 2.45. The summed E-state index contributed by atoms with van der Waals surface area (Å²) in [6.07, 6.45) is 3.01. The number of carbonyl (C=O) groups is 2. The van der Waals surface area contributed by atoms with Crippen molar-refractivity contribution in [2.45, 2.75) is 13.0 Å². The number of rotatable bonds is 9. The average Bonchev–Trinajstić information content (AvgIpc) is 3.50. The molecular formula is C30H26N2O6S. The third-order valence-electron chi connectivity index (χ3n) is 6.29. The van der Waals surface area contributed by atoms with E-state index in [0.29, 0.717) is 40.1 Å². The number of hydrogen-bond acceptors (Lipinski definition) is 8. The number of allylic oxidation sites excluding steroid dienone is 1. The normalized spacial score (nSPS) is 15.4. The maximum atomic E-state index is 13.5. The average molecular weight is 543 g/mol. The van der Waals surface area contributed by atoms with E-state index in [2.05, 4.69) is 4.98 Å². The van der Waals surface area contributed by atoms with Crippen LogP contribution in [-0.2, 0) is 9.59 Å². The summed E-state index contributed by atoms with van der Waals surface area (Å²) in [6, 6.07) is 19.0. The fourth-order valence-corrected chi connectivity index (χ4v) is 5.47. The van der Waals surface area contributed by atoms with Gasteiger partial charge in [0, 0.05) is 0 Å². The minimum atomic E-state index is -0.947. The van der Waals surface area contributed by atoms with Gasteiger partial charge in [-0.15, -0.1) is 0 Å². The van der Waals surface area contributed by atoms with Crippen molar-refractivity contribution in [2.24, 2.45) is 0 Å². The number of thiazole rings is 1. The van der Waals surface area contributed by atoms with Crippen LogP contribution in [0.5, 0.6) is 17.2 Å². The first-order valence-electron chi connectivity index (χ1n) is 12.2. The molecule has 0 radical (unpaired) electrons. The predicted octanol–water partition coefficient (Wildman–Crippen LogP) is 5.89. The molecule has 0 saturated carbocycles. The summed E-state index contributed by atoms with van der Waals surface area (Å²) in [4.78, 5) is 33.1. The minimum absolute atomic E-state index is 0.0461. The number of aliphatic hydroxyl groups is 1. The second-order valence-electron chi connectivity index (χ2n) is 8.62. The molecule has 1 aliphatic heterocycles. The molecule has 0 fully saturated rings. The number of aromatic nitrogens is 1. The largest absolute Gasteiger partial charge is 0.503 e. The number of ether oxygens (including phenoxy) is 3. The standard InChI is InChI=1S/C30H26N2O6S/c1-4-38-23-15-11-19(16-24(23)37-3)27-26(22(33)14-10-18-8-6-5-7-9-18)28(34)29(35)32(27)30-31-21-13-12-20(36-2)17-25(21)39-30/h5-17,27,34H,4H2,1-3H3/b14-10+. The zero-order chi connectivity index (χ0) is 27.5. The van der Waals surface area contributed by atoms with E-state index in [1.807, 2.05) is 43.3 Å². The summed E-state index contributed by atoms with van der Waals surface area (Å²) in [5, 5.41) is 11.4. The molecule has 0 bridgehead atoms. The highest BCUT2D eigenvalue weighted by atomic mass is 32.1. The Morgan fingerprint density at radius 2 is 1.85 bits per heavy atom. The van der Waals surface area contributed by atoms with E-state index >= 15 is 0 Å². The van der Waals surface area contributed by atoms with Gasteiger partial charge in [-0.1, -0.05) is 53.8 Å². The third kappa shape index (κ3) is 4.96. The van der Waals surface area contributed by atoms with Gasteiger partial charge < -0.3 is 19.3 Å². The van der Waals surface area contributed by atoms with Crippen LogP contribution in [0.1, 0.15) is 24.1 Å². The summed E-state index contributed by atoms with van der Waals surface area (Å²) in [5.41, 5.74) is 1.98. The van der Waals surface area contributed by atoms with Gasteiger partial charge in [-0.25, -0.2) is 4.98 Å². The van der Waals surface area contributed by atoms with Crippen LogP contribution in [-0.4, -0.2) is 42.6 Å². The van der Waals surface area contributed by atoms with Gasteiger partial charge in [-0.2, -0.15) is 0 Å². The fraction of sp³-hybridized carbons (Fsp3) is 0.167. The zero-order valence-corrected chi connectivity index (χ0v) is 22.4. The number of nitrogens with zero attached hydrogens (tertiary/aromatic N) is 2. The molecule has 1 N–H and O–H groups in total. The number of carbonyl (C=O) groups excluding carboxylic acids is 2. The smallest absolute Gasteiger partial charge is 0.296 e. The molecule has 1 aliphatic rings. The molecule has 0 spiro atoms. The quantitative estimate of drug-likeness (QED) is 0.263. The number of fused-ring (bicyclic) bond motifs is 1. The molecule has 3 aromatic carbocycles. The Bertz CT molecular complexity index is 1610. The number of benzene rings is 3. The number of hydrogen-bond donors (Lipinski definition) is 1. The fourth-order valence-electron chi connectivity index (χ4n) is 4.45. The Labute approximate surface area is 229 Å². The zero-order valence-electron chi connectivity index (χ0n) is 21.6. The number of amides is 1. The maximum absolute atomic E-state index is 13.5. The maximum Gasteiger partial charge on any atom is 0.296 e. The molecule has 198 valence electrons. The van der Waals surface area contributed by atoms with E-state index in [1.54, 1.807) is 43.5 Å². The van der Waals surface area contributed by atoms with E-state index in [1.165, 1.54) is 29.4 Å². The van der Waals surface area contributed by atoms with Crippen molar-refractivity contribution in [3.8, 4) is 17.2 Å². The Morgan fingerprint density at radius 1 is 1.05 bits per heavy atom. The van der Waals surface area contributed by atoms with Crippen LogP contribution in [0, 0.1) is 0 Å². The van der Waals surface area contributed by atoms with E-state index in [0.717, 1.165) is 10.3 Å². The van der Waals surface area contributed by atoms with E-state index in [-0.39, 0.29) is 5.57 Å². The molecule has 4 aromatic rings. The van der Waals surface area contributed by atoms with Gasteiger partial charge in [-0.3, -0.25) is 14.5 Å². The molecule has 0 saturated heterocycles. The number of anilines is 1. The van der Waals surface area contributed by atoms with Gasteiger partial charge >= 0.3 is 0 Å².